The monoisotopic (exact) mass is 238 g/mol. The van der Waals surface area contributed by atoms with Gasteiger partial charge in [-0.15, -0.1) is 0 Å². The zero-order valence-corrected chi connectivity index (χ0v) is 11.1. The third kappa shape index (κ3) is 4.40. The van der Waals surface area contributed by atoms with E-state index in [2.05, 4.69) is 17.3 Å². The van der Waals surface area contributed by atoms with Crippen molar-refractivity contribution in [3.05, 3.63) is 0 Å². The lowest BCUT2D eigenvalue weighted by Crippen LogP contribution is -2.28. The molecule has 1 unspecified atom stereocenters. The normalized spacial score (nSPS) is 27.8. The van der Waals surface area contributed by atoms with Gasteiger partial charge in [-0.05, 0) is 64.2 Å². The van der Waals surface area contributed by atoms with Crippen molar-refractivity contribution in [3.63, 3.8) is 0 Å². The van der Waals surface area contributed by atoms with Gasteiger partial charge in [0.2, 0.25) is 0 Å². The third-order valence-electron chi connectivity index (χ3n) is 4.31. The molecule has 2 fully saturated rings. The van der Waals surface area contributed by atoms with Crippen molar-refractivity contribution in [1.29, 1.82) is 0 Å². The lowest BCUT2D eigenvalue weighted by atomic mass is 9.88. The number of Topliss-reactive ketones (excluding diaryl/α,β-unsaturated/α-hetero) is 1. The first-order valence-corrected chi connectivity index (χ1v) is 7.15. The lowest BCUT2D eigenvalue weighted by molar-refractivity contribution is -0.120. The molecule has 1 aliphatic carbocycles. The van der Waals surface area contributed by atoms with Crippen molar-refractivity contribution in [3.8, 4) is 0 Å². The van der Waals surface area contributed by atoms with E-state index < -0.39 is 0 Å². The molecular formula is C14H26N2O. The second-order valence-corrected chi connectivity index (χ2v) is 5.89. The molecule has 1 atom stereocenters. The fourth-order valence-corrected chi connectivity index (χ4v) is 3.08. The number of rotatable bonds is 5. The van der Waals surface area contributed by atoms with Gasteiger partial charge in [-0.3, -0.25) is 4.79 Å². The average Bonchev–Trinajstić information content (AvgIpc) is 2.73. The number of hydrogen-bond donors (Lipinski definition) is 1. The summed E-state index contributed by atoms with van der Waals surface area (Å²) >= 11 is 0. The molecule has 1 aliphatic heterocycles. The van der Waals surface area contributed by atoms with Crippen LogP contribution in [0.4, 0.5) is 0 Å². The van der Waals surface area contributed by atoms with Gasteiger partial charge in [0.1, 0.15) is 5.78 Å². The summed E-state index contributed by atoms with van der Waals surface area (Å²) < 4.78 is 0. The summed E-state index contributed by atoms with van der Waals surface area (Å²) in [6.45, 7) is 4.83. The molecule has 2 rings (SSSR count). The first-order chi connectivity index (χ1) is 8.24. The molecule has 3 nitrogen and oxygen atoms in total. The average molecular weight is 238 g/mol. The molecule has 0 radical (unpaired) electrons. The Morgan fingerprint density at radius 3 is 2.65 bits per heavy atom. The number of nitrogens with one attached hydrogen (secondary N) is 1. The Bertz CT molecular complexity index is 245. The van der Waals surface area contributed by atoms with Crippen molar-refractivity contribution in [1.82, 2.24) is 10.2 Å². The zero-order chi connectivity index (χ0) is 12.1. The van der Waals surface area contributed by atoms with Gasteiger partial charge < -0.3 is 10.2 Å². The van der Waals surface area contributed by atoms with Crippen LogP contribution in [0.2, 0.25) is 0 Å². The molecule has 98 valence electrons. The van der Waals surface area contributed by atoms with E-state index >= 15 is 0 Å². The molecule has 2 aliphatic rings. The topological polar surface area (TPSA) is 32.3 Å². The minimum absolute atomic E-state index is 0.468. The molecule has 1 N–H and O–H groups in total. The first-order valence-electron chi connectivity index (χ1n) is 7.15. The van der Waals surface area contributed by atoms with Crippen molar-refractivity contribution in [2.24, 2.45) is 11.8 Å². The van der Waals surface area contributed by atoms with Gasteiger partial charge in [-0.25, -0.2) is 0 Å². The summed E-state index contributed by atoms with van der Waals surface area (Å²) in [4.78, 5) is 13.5. The van der Waals surface area contributed by atoms with E-state index in [9.17, 15) is 4.79 Å². The number of ketones is 1. The molecule has 0 amide bonds. The van der Waals surface area contributed by atoms with Gasteiger partial charge >= 0.3 is 0 Å². The molecular weight excluding hydrogens is 212 g/mol. The van der Waals surface area contributed by atoms with Crippen molar-refractivity contribution >= 4 is 5.78 Å². The second-order valence-electron chi connectivity index (χ2n) is 5.89. The van der Waals surface area contributed by atoms with Crippen LogP contribution in [0.15, 0.2) is 0 Å². The smallest absolute Gasteiger partial charge is 0.132 e. The van der Waals surface area contributed by atoms with Crippen LogP contribution in [0, 0.1) is 11.8 Å². The summed E-state index contributed by atoms with van der Waals surface area (Å²) in [5, 5.41) is 3.58. The van der Waals surface area contributed by atoms with Crippen LogP contribution in [0.1, 0.15) is 38.5 Å². The molecule has 3 heteroatoms. The molecule has 1 saturated heterocycles. The van der Waals surface area contributed by atoms with Gasteiger partial charge in [-0.1, -0.05) is 0 Å². The predicted octanol–water partition coefficient (Wildman–Crippen LogP) is 1.68. The Morgan fingerprint density at radius 1 is 1.24 bits per heavy atom. The Labute approximate surface area is 105 Å². The van der Waals surface area contributed by atoms with E-state index in [0.717, 1.165) is 50.6 Å². The van der Waals surface area contributed by atoms with Gasteiger partial charge in [-0.2, -0.15) is 0 Å². The standard InChI is InChI=1S/C14H26N2O/c1-16-9-7-13(11-16)6-8-15-10-12-2-4-14(17)5-3-12/h12-13,15H,2-11H2,1H3. The maximum atomic E-state index is 11.1. The number of carbonyl (C=O) groups excluding carboxylic acids is 1. The number of nitrogens with zero attached hydrogens (tertiary/aromatic N) is 1. The highest BCUT2D eigenvalue weighted by atomic mass is 16.1. The molecule has 0 aromatic rings. The molecule has 17 heavy (non-hydrogen) atoms. The highest BCUT2D eigenvalue weighted by molar-refractivity contribution is 5.79. The fraction of sp³-hybridized carbons (Fsp3) is 0.929. The largest absolute Gasteiger partial charge is 0.316 e. The molecule has 1 heterocycles. The van der Waals surface area contributed by atoms with Crippen molar-refractivity contribution in [2.75, 3.05) is 33.2 Å². The van der Waals surface area contributed by atoms with Crippen LogP contribution in [0.5, 0.6) is 0 Å². The van der Waals surface area contributed by atoms with Gasteiger partial charge in [0.05, 0.1) is 0 Å². The van der Waals surface area contributed by atoms with E-state index in [0.29, 0.717) is 5.78 Å². The summed E-state index contributed by atoms with van der Waals surface area (Å²) in [6, 6.07) is 0. The minimum atomic E-state index is 0.468. The summed E-state index contributed by atoms with van der Waals surface area (Å²) in [6.07, 6.45) is 6.54. The Kier molecular flexibility index (Phi) is 4.99. The minimum Gasteiger partial charge on any atom is -0.316 e. The first kappa shape index (κ1) is 13.0. The zero-order valence-electron chi connectivity index (χ0n) is 11.1. The second kappa shape index (κ2) is 6.50. The Balaban J connectivity index is 1.50. The predicted molar refractivity (Wildman–Crippen MR) is 70.1 cm³/mol. The number of hydrogen-bond acceptors (Lipinski definition) is 3. The van der Waals surface area contributed by atoms with Gasteiger partial charge in [0.15, 0.2) is 0 Å². The van der Waals surface area contributed by atoms with E-state index in [4.69, 9.17) is 0 Å². The van der Waals surface area contributed by atoms with E-state index in [1.807, 2.05) is 0 Å². The lowest BCUT2D eigenvalue weighted by Gasteiger charge is -2.21. The van der Waals surface area contributed by atoms with Gasteiger partial charge in [0, 0.05) is 19.4 Å². The van der Waals surface area contributed by atoms with E-state index in [1.165, 1.54) is 25.9 Å². The van der Waals surface area contributed by atoms with Crippen molar-refractivity contribution < 1.29 is 4.79 Å². The van der Waals surface area contributed by atoms with E-state index in [1.54, 1.807) is 0 Å². The van der Waals surface area contributed by atoms with Crippen LogP contribution in [-0.4, -0.2) is 43.9 Å². The van der Waals surface area contributed by atoms with Crippen LogP contribution in [0.25, 0.3) is 0 Å². The highest BCUT2D eigenvalue weighted by Gasteiger charge is 2.20. The molecule has 0 aromatic heterocycles. The summed E-state index contributed by atoms with van der Waals surface area (Å²) in [5.41, 5.74) is 0. The summed E-state index contributed by atoms with van der Waals surface area (Å²) in [7, 11) is 2.21. The number of likely N-dealkylation sites (tertiary alicyclic amines) is 1. The maximum absolute atomic E-state index is 11.1. The van der Waals surface area contributed by atoms with Crippen molar-refractivity contribution in [2.45, 2.75) is 38.5 Å². The van der Waals surface area contributed by atoms with Crippen LogP contribution in [-0.2, 0) is 4.79 Å². The molecule has 0 aromatic carbocycles. The number of carbonyl (C=O) groups is 1. The quantitative estimate of drug-likeness (QED) is 0.740. The SMILES string of the molecule is CN1CCC(CCNCC2CCC(=O)CC2)C1. The van der Waals surface area contributed by atoms with Crippen LogP contribution >= 0.6 is 0 Å². The molecule has 0 bridgehead atoms. The van der Waals surface area contributed by atoms with Crippen LogP contribution in [0.3, 0.4) is 0 Å². The summed E-state index contributed by atoms with van der Waals surface area (Å²) in [5.74, 6) is 2.12. The molecule has 1 saturated carbocycles. The highest BCUT2D eigenvalue weighted by Crippen LogP contribution is 2.21. The Morgan fingerprint density at radius 2 is 2.00 bits per heavy atom. The van der Waals surface area contributed by atoms with E-state index in [-0.39, 0.29) is 0 Å². The molecule has 0 spiro atoms. The van der Waals surface area contributed by atoms with Gasteiger partial charge in [0.25, 0.3) is 0 Å². The maximum Gasteiger partial charge on any atom is 0.132 e. The fourth-order valence-electron chi connectivity index (χ4n) is 3.08. The van der Waals surface area contributed by atoms with Crippen LogP contribution < -0.4 is 5.32 Å². The Hall–Kier alpha value is -0.410. The third-order valence-corrected chi connectivity index (χ3v) is 4.31.